The van der Waals surface area contributed by atoms with E-state index in [1.54, 1.807) is 0 Å². The summed E-state index contributed by atoms with van der Waals surface area (Å²) >= 11 is 0. The number of hydrogen-bond acceptors (Lipinski definition) is 1. The maximum absolute atomic E-state index is 10.5. The van der Waals surface area contributed by atoms with Crippen molar-refractivity contribution in [2.45, 2.75) is 33.2 Å². The van der Waals surface area contributed by atoms with Crippen molar-refractivity contribution in [2.75, 3.05) is 0 Å². The molecule has 2 heteroatoms. The van der Waals surface area contributed by atoms with Gasteiger partial charge in [-0.1, -0.05) is 6.07 Å². The zero-order chi connectivity index (χ0) is 11.7. The molecule has 0 amide bonds. The molecule has 0 fully saturated rings. The second kappa shape index (κ2) is 4.12. The number of aldehydes is 1. The van der Waals surface area contributed by atoms with Crippen molar-refractivity contribution in [1.29, 1.82) is 0 Å². The Kier molecular flexibility index (Phi) is 2.82. The lowest BCUT2D eigenvalue weighted by molar-refractivity contribution is -0.107. The fourth-order valence-electron chi connectivity index (χ4n) is 2.12. The molecule has 0 spiro atoms. The van der Waals surface area contributed by atoms with Gasteiger partial charge in [-0.15, -0.1) is 0 Å². The third kappa shape index (κ3) is 1.75. The van der Waals surface area contributed by atoms with E-state index in [0.717, 1.165) is 11.8 Å². The largest absolute Gasteiger partial charge is 0.345 e. The van der Waals surface area contributed by atoms with Crippen LogP contribution in [0.3, 0.4) is 0 Å². The van der Waals surface area contributed by atoms with Crippen LogP contribution >= 0.6 is 0 Å². The molecular formula is C14H17NO. The predicted molar refractivity (Wildman–Crippen MR) is 66.8 cm³/mol. The van der Waals surface area contributed by atoms with Crippen LogP contribution in [0.5, 0.6) is 0 Å². The van der Waals surface area contributed by atoms with Crippen LogP contribution < -0.4 is 0 Å². The van der Waals surface area contributed by atoms with Crippen molar-refractivity contribution in [1.82, 2.24) is 4.57 Å². The van der Waals surface area contributed by atoms with Crippen LogP contribution in [0.25, 0.3) is 10.9 Å². The van der Waals surface area contributed by atoms with Crippen molar-refractivity contribution in [3.8, 4) is 0 Å². The third-order valence-corrected chi connectivity index (χ3v) is 2.97. The summed E-state index contributed by atoms with van der Waals surface area (Å²) < 4.78 is 2.27. The topological polar surface area (TPSA) is 22.0 Å². The highest BCUT2D eigenvalue weighted by Crippen LogP contribution is 2.25. The minimum atomic E-state index is 0.466. The molecule has 2 aromatic rings. The Hall–Kier alpha value is -1.57. The number of nitrogens with zero attached hydrogens (tertiary/aromatic N) is 1. The highest BCUT2D eigenvalue weighted by atomic mass is 16.1. The number of fused-ring (bicyclic) bond motifs is 1. The Labute approximate surface area is 95.9 Å². The molecule has 0 saturated heterocycles. The van der Waals surface area contributed by atoms with E-state index < -0.39 is 0 Å². The van der Waals surface area contributed by atoms with E-state index >= 15 is 0 Å². The van der Waals surface area contributed by atoms with Gasteiger partial charge in [-0.25, -0.2) is 0 Å². The summed E-state index contributed by atoms with van der Waals surface area (Å²) in [6.45, 7) is 6.47. The zero-order valence-electron chi connectivity index (χ0n) is 10.0. The smallest absolute Gasteiger partial charge is 0.124 e. The molecule has 0 aliphatic rings. The summed E-state index contributed by atoms with van der Waals surface area (Å²) in [5, 5.41) is 1.26. The number of carbonyl (C=O) groups is 1. The molecule has 0 bridgehead atoms. The van der Waals surface area contributed by atoms with Gasteiger partial charge in [0.25, 0.3) is 0 Å². The Balaban J connectivity index is 2.61. The van der Waals surface area contributed by atoms with Crippen LogP contribution in [0.1, 0.15) is 31.0 Å². The molecule has 1 aromatic carbocycles. The highest BCUT2D eigenvalue weighted by Gasteiger charge is 2.08. The quantitative estimate of drug-likeness (QED) is 0.720. The Morgan fingerprint density at radius 2 is 2.12 bits per heavy atom. The predicted octanol–water partition coefficient (Wildman–Crippen LogP) is 3.27. The molecule has 84 valence electrons. The number of hydrogen-bond donors (Lipinski definition) is 0. The molecule has 0 unspecified atom stereocenters. The standard InChI is InChI=1S/C14H17NO/c1-10(2)15-9-11(3)13-8-12(6-7-16)4-5-14(13)15/h4-5,7-10H,6H2,1-3H3. The molecule has 0 atom stereocenters. The van der Waals surface area contributed by atoms with E-state index in [4.69, 9.17) is 0 Å². The van der Waals surface area contributed by atoms with E-state index in [9.17, 15) is 4.79 Å². The van der Waals surface area contributed by atoms with Gasteiger partial charge >= 0.3 is 0 Å². The number of rotatable bonds is 3. The van der Waals surface area contributed by atoms with Crippen molar-refractivity contribution < 1.29 is 4.79 Å². The van der Waals surface area contributed by atoms with Gasteiger partial charge in [0.15, 0.2) is 0 Å². The number of aromatic nitrogens is 1. The first-order chi connectivity index (χ1) is 7.63. The zero-order valence-corrected chi connectivity index (χ0v) is 10.0. The van der Waals surface area contributed by atoms with E-state index in [1.807, 2.05) is 6.07 Å². The lowest BCUT2D eigenvalue weighted by atomic mass is 10.1. The molecule has 0 aliphatic heterocycles. The maximum Gasteiger partial charge on any atom is 0.124 e. The SMILES string of the molecule is Cc1cn(C(C)C)c2ccc(CC=O)cc12. The molecule has 0 N–H and O–H groups in total. The van der Waals surface area contributed by atoms with Gasteiger partial charge < -0.3 is 9.36 Å². The second-order valence-electron chi connectivity index (χ2n) is 4.54. The Bertz CT molecular complexity index is 523. The highest BCUT2D eigenvalue weighted by molar-refractivity contribution is 5.85. The molecule has 0 saturated carbocycles. The van der Waals surface area contributed by atoms with Gasteiger partial charge in [0.1, 0.15) is 6.29 Å². The number of carbonyl (C=O) groups excluding carboxylic acids is 1. The van der Waals surface area contributed by atoms with Gasteiger partial charge in [-0.05, 0) is 44.0 Å². The maximum atomic E-state index is 10.5. The van der Waals surface area contributed by atoms with Gasteiger partial charge in [-0.2, -0.15) is 0 Å². The molecule has 1 aromatic heterocycles. The average molecular weight is 215 g/mol. The van der Waals surface area contributed by atoms with E-state index in [1.165, 1.54) is 16.5 Å². The van der Waals surface area contributed by atoms with Gasteiger partial charge in [0, 0.05) is 29.6 Å². The van der Waals surface area contributed by atoms with Crippen molar-refractivity contribution >= 4 is 17.2 Å². The van der Waals surface area contributed by atoms with E-state index in [-0.39, 0.29) is 0 Å². The van der Waals surface area contributed by atoms with Crippen LogP contribution in [0.4, 0.5) is 0 Å². The van der Waals surface area contributed by atoms with E-state index in [0.29, 0.717) is 12.5 Å². The molecule has 2 rings (SSSR count). The first-order valence-corrected chi connectivity index (χ1v) is 5.67. The first-order valence-electron chi connectivity index (χ1n) is 5.67. The summed E-state index contributed by atoms with van der Waals surface area (Å²) in [6, 6.07) is 6.74. The fraction of sp³-hybridized carbons (Fsp3) is 0.357. The van der Waals surface area contributed by atoms with Crippen LogP contribution in [0.15, 0.2) is 24.4 Å². The number of benzene rings is 1. The third-order valence-electron chi connectivity index (χ3n) is 2.97. The molecule has 0 aliphatic carbocycles. The summed E-state index contributed by atoms with van der Waals surface area (Å²) in [5.74, 6) is 0. The van der Waals surface area contributed by atoms with Crippen LogP contribution in [-0.4, -0.2) is 10.9 Å². The van der Waals surface area contributed by atoms with Gasteiger partial charge in [-0.3, -0.25) is 0 Å². The lowest BCUT2D eigenvalue weighted by Crippen LogP contribution is -1.98. The van der Waals surface area contributed by atoms with Crippen LogP contribution in [0.2, 0.25) is 0 Å². The average Bonchev–Trinajstić information content (AvgIpc) is 2.57. The molecule has 1 heterocycles. The number of aryl methyl sites for hydroxylation is 1. The van der Waals surface area contributed by atoms with Crippen molar-refractivity contribution in [3.63, 3.8) is 0 Å². The van der Waals surface area contributed by atoms with Gasteiger partial charge in [0.05, 0.1) is 0 Å². The Morgan fingerprint density at radius 1 is 1.38 bits per heavy atom. The minimum absolute atomic E-state index is 0.466. The molecule has 0 radical (unpaired) electrons. The lowest BCUT2D eigenvalue weighted by Gasteiger charge is -2.09. The normalized spacial score (nSPS) is 11.2. The van der Waals surface area contributed by atoms with Crippen LogP contribution in [-0.2, 0) is 11.2 Å². The first kappa shape index (κ1) is 10.9. The minimum Gasteiger partial charge on any atom is -0.345 e. The summed E-state index contributed by atoms with van der Waals surface area (Å²) in [4.78, 5) is 10.5. The molecule has 2 nitrogen and oxygen atoms in total. The van der Waals surface area contributed by atoms with Crippen LogP contribution in [0, 0.1) is 6.92 Å². The van der Waals surface area contributed by atoms with Gasteiger partial charge in [0.2, 0.25) is 0 Å². The van der Waals surface area contributed by atoms with E-state index in [2.05, 4.69) is 43.7 Å². The molecule has 16 heavy (non-hydrogen) atoms. The van der Waals surface area contributed by atoms with Crippen molar-refractivity contribution in [3.05, 3.63) is 35.5 Å². The monoisotopic (exact) mass is 215 g/mol. The summed E-state index contributed by atoms with van der Waals surface area (Å²) in [5.41, 5.74) is 3.62. The summed E-state index contributed by atoms with van der Waals surface area (Å²) in [6.07, 6.45) is 3.64. The second-order valence-corrected chi connectivity index (χ2v) is 4.54. The van der Waals surface area contributed by atoms with Crippen molar-refractivity contribution in [2.24, 2.45) is 0 Å². The summed E-state index contributed by atoms with van der Waals surface area (Å²) in [7, 11) is 0. The molecular weight excluding hydrogens is 198 g/mol. The fourth-order valence-corrected chi connectivity index (χ4v) is 2.12. The Morgan fingerprint density at radius 3 is 2.75 bits per heavy atom.